The fraction of sp³-hybridized carbons (Fsp3) is 0.583. The van der Waals surface area contributed by atoms with Gasteiger partial charge >= 0.3 is 11.7 Å². The van der Waals surface area contributed by atoms with Crippen LogP contribution in [-0.2, 0) is 9.53 Å². The first-order chi connectivity index (χ1) is 10.0. The molecule has 1 saturated carbocycles. The molecule has 0 aliphatic heterocycles. The van der Waals surface area contributed by atoms with Crippen LogP contribution >= 0.6 is 11.6 Å². The Morgan fingerprint density at radius 1 is 1.48 bits per heavy atom. The maximum atomic E-state index is 11.4. The van der Waals surface area contributed by atoms with Crippen molar-refractivity contribution >= 4 is 29.1 Å². The van der Waals surface area contributed by atoms with Crippen LogP contribution in [0.25, 0.3) is 0 Å². The lowest BCUT2D eigenvalue weighted by molar-refractivity contribution is -0.384. The van der Waals surface area contributed by atoms with Crippen LogP contribution in [0.15, 0.2) is 6.20 Å². The molecule has 1 fully saturated rings. The van der Waals surface area contributed by atoms with Gasteiger partial charge in [0.1, 0.15) is 6.20 Å². The van der Waals surface area contributed by atoms with Crippen LogP contribution in [0, 0.1) is 16.0 Å². The number of halogens is 1. The molecule has 1 heterocycles. The van der Waals surface area contributed by atoms with Crippen LogP contribution in [0.5, 0.6) is 0 Å². The van der Waals surface area contributed by atoms with Gasteiger partial charge in [-0.1, -0.05) is 0 Å². The molecule has 0 saturated heterocycles. The summed E-state index contributed by atoms with van der Waals surface area (Å²) in [5.74, 6) is -0.192. The van der Waals surface area contributed by atoms with Crippen molar-refractivity contribution in [2.24, 2.45) is 5.92 Å². The number of methoxy groups -OCH3 is 1. The van der Waals surface area contributed by atoms with Gasteiger partial charge in [-0.25, -0.2) is 4.98 Å². The molecule has 21 heavy (non-hydrogen) atoms. The van der Waals surface area contributed by atoms with Gasteiger partial charge in [-0.2, -0.15) is 4.98 Å². The lowest BCUT2D eigenvalue weighted by atomic mass is 9.86. The van der Waals surface area contributed by atoms with Crippen molar-refractivity contribution in [2.45, 2.75) is 31.7 Å². The number of carbonyl (C=O) groups excluding carboxylic acids is 1. The highest BCUT2D eigenvalue weighted by atomic mass is 35.5. The minimum atomic E-state index is -0.557. The average molecular weight is 315 g/mol. The van der Waals surface area contributed by atoms with Gasteiger partial charge in [0.05, 0.1) is 18.0 Å². The number of aromatic nitrogens is 2. The highest BCUT2D eigenvalue weighted by molar-refractivity contribution is 6.28. The summed E-state index contributed by atoms with van der Waals surface area (Å²) in [7, 11) is 1.37. The predicted octanol–water partition coefficient (Wildman–Crippen LogP) is 2.18. The van der Waals surface area contributed by atoms with Gasteiger partial charge in [0.25, 0.3) is 0 Å². The molecule has 1 aliphatic rings. The molecule has 9 heteroatoms. The van der Waals surface area contributed by atoms with E-state index in [9.17, 15) is 14.9 Å². The third kappa shape index (κ3) is 3.78. The second kappa shape index (κ2) is 6.66. The van der Waals surface area contributed by atoms with Crippen molar-refractivity contribution in [1.82, 2.24) is 9.97 Å². The fourth-order valence-electron chi connectivity index (χ4n) is 2.43. The standard InChI is InChI=1S/C12H15ClN4O4/c1-21-11(18)7-2-4-8(5-3-7)15-10-9(17(19)20)6-14-12(13)16-10/h6-8H,2-5H2,1H3,(H,14,15,16)/t7-,8-. The Bertz CT molecular complexity index is 546. The molecule has 0 amide bonds. The summed E-state index contributed by atoms with van der Waals surface area (Å²) < 4.78 is 4.72. The highest BCUT2D eigenvalue weighted by Crippen LogP contribution is 2.29. The summed E-state index contributed by atoms with van der Waals surface area (Å²) >= 11 is 5.68. The smallest absolute Gasteiger partial charge is 0.329 e. The average Bonchev–Trinajstić information content (AvgIpc) is 2.47. The molecule has 2 rings (SSSR count). The maximum absolute atomic E-state index is 11.4. The summed E-state index contributed by atoms with van der Waals surface area (Å²) in [5, 5.41) is 13.9. The Kier molecular flexibility index (Phi) is 4.89. The van der Waals surface area contributed by atoms with Crippen molar-refractivity contribution in [3.05, 3.63) is 21.6 Å². The summed E-state index contributed by atoms with van der Waals surface area (Å²) in [4.78, 5) is 29.3. The van der Waals surface area contributed by atoms with Crippen LogP contribution in [0.4, 0.5) is 11.5 Å². The Balaban J connectivity index is 2.02. The van der Waals surface area contributed by atoms with E-state index >= 15 is 0 Å². The predicted molar refractivity (Wildman–Crippen MR) is 75.1 cm³/mol. The SMILES string of the molecule is COC(=O)[C@H]1CC[C@H](Nc2nc(Cl)ncc2[N+](=O)[O-])CC1. The zero-order chi connectivity index (χ0) is 15.4. The Morgan fingerprint density at radius 2 is 2.14 bits per heavy atom. The molecule has 114 valence electrons. The first kappa shape index (κ1) is 15.4. The Labute approximate surface area is 126 Å². The molecule has 1 aliphatic carbocycles. The third-order valence-corrected chi connectivity index (χ3v) is 3.72. The molecule has 8 nitrogen and oxygen atoms in total. The first-order valence-electron chi connectivity index (χ1n) is 6.52. The quantitative estimate of drug-likeness (QED) is 0.393. The number of nitrogens with zero attached hydrogens (tertiary/aromatic N) is 3. The van der Waals surface area contributed by atoms with Gasteiger partial charge in [-0.05, 0) is 37.3 Å². The van der Waals surface area contributed by atoms with Crippen LogP contribution in [0.2, 0.25) is 5.28 Å². The summed E-state index contributed by atoms with van der Waals surface area (Å²) in [5.41, 5.74) is -0.213. The molecule has 0 unspecified atom stereocenters. The van der Waals surface area contributed by atoms with Crippen LogP contribution in [0.1, 0.15) is 25.7 Å². The van der Waals surface area contributed by atoms with Crippen molar-refractivity contribution in [2.75, 3.05) is 12.4 Å². The third-order valence-electron chi connectivity index (χ3n) is 3.54. The number of esters is 1. The van der Waals surface area contributed by atoms with Crippen molar-refractivity contribution < 1.29 is 14.5 Å². The summed E-state index contributed by atoms with van der Waals surface area (Å²) in [6.45, 7) is 0. The molecule has 1 aromatic rings. The minimum Gasteiger partial charge on any atom is -0.469 e. The van der Waals surface area contributed by atoms with E-state index < -0.39 is 4.92 Å². The normalized spacial score (nSPS) is 21.6. The van der Waals surface area contributed by atoms with Crippen molar-refractivity contribution in [1.29, 1.82) is 0 Å². The molecule has 0 radical (unpaired) electrons. The number of hydrogen-bond acceptors (Lipinski definition) is 7. The number of anilines is 1. The molecular weight excluding hydrogens is 300 g/mol. The molecule has 1 aromatic heterocycles. The van der Waals surface area contributed by atoms with E-state index in [1.807, 2.05) is 0 Å². The summed E-state index contributed by atoms with van der Waals surface area (Å²) in [6, 6.07) is 0.00979. The van der Waals surface area contributed by atoms with Gasteiger partial charge in [0.2, 0.25) is 11.1 Å². The molecular formula is C12H15ClN4O4. The lowest BCUT2D eigenvalue weighted by Gasteiger charge is -2.27. The topological polar surface area (TPSA) is 107 Å². The second-order valence-corrected chi connectivity index (χ2v) is 5.18. The van der Waals surface area contributed by atoms with Gasteiger partial charge in [0, 0.05) is 6.04 Å². The summed E-state index contributed by atoms with van der Waals surface area (Å²) in [6.07, 6.45) is 3.85. The first-order valence-corrected chi connectivity index (χ1v) is 6.90. The Morgan fingerprint density at radius 3 is 2.71 bits per heavy atom. The molecule has 0 spiro atoms. The second-order valence-electron chi connectivity index (χ2n) is 4.85. The van der Waals surface area contributed by atoms with Crippen LogP contribution < -0.4 is 5.32 Å². The lowest BCUT2D eigenvalue weighted by Crippen LogP contribution is -2.30. The zero-order valence-corrected chi connectivity index (χ0v) is 12.2. The highest BCUT2D eigenvalue weighted by Gasteiger charge is 2.28. The Hall–Kier alpha value is -1.96. The molecule has 0 bridgehead atoms. The van der Waals surface area contributed by atoms with Gasteiger partial charge < -0.3 is 10.1 Å². The van der Waals surface area contributed by atoms with Gasteiger partial charge in [-0.3, -0.25) is 14.9 Å². The monoisotopic (exact) mass is 314 g/mol. The number of carbonyl (C=O) groups is 1. The van der Waals surface area contributed by atoms with Crippen LogP contribution in [0.3, 0.4) is 0 Å². The van der Waals surface area contributed by atoms with Crippen molar-refractivity contribution in [3.8, 4) is 0 Å². The zero-order valence-electron chi connectivity index (χ0n) is 11.4. The fourth-order valence-corrected chi connectivity index (χ4v) is 2.56. The number of nitro groups is 1. The van der Waals surface area contributed by atoms with E-state index in [0.717, 1.165) is 6.20 Å². The van der Waals surface area contributed by atoms with E-state index in [0.29, 0.717) is 25.7 Å². The number of rotatable bonds is 4. The maximum Gasteiger partial charge on any atom is 0.329 e. The van der Waals surface area contributed by atoms with Gasteiger partial charge in [-0.15, -0.1) is 0 Å². The van der Waals surface area contributed by atoms with E-state index in [1.54, 1.807) is 0 Å². The number of nitrogens with one attached hydrogen (secondary N) is 1. The van der Waals surface area contributed by atoms with Gasteiger partial charge in [0.15, 0.2) is 0 Å². The molecule has 0 atom stereocenters. The largest absolute Gasteiger partial charge is 0.469 e. The van der Waals surface area contributed by atoms with Crippen molar-refractivity contribution in [3.63, 3.8) is 0 Å². The van der Waals surface area contributed by atoms with E-state index in [2.05, 4.69) is 15.3 Å². The molecule has 1 N–H and O–H groups in total. The van der Waals surface area contributed by atoms with E-state index in [4.69, 9.17) is 16.3 Å². The van der Waals surface area contributed by atoms with Crippen LogP contribution in [-0.4, -0.2) is 34.0 Å². The number of ether oxygens (including phenoxy) is 1. The van der Waals surface area contributed by atoms with E-state index in [1.165, 1.54) is 7.11 Å². The minimum absolute atomic E-state index is 0.00979. The number of hydrogen-bond donors (Lipinski definition) is 1. The molecule has 0 aromatic carbocycles. The van der Waals surface area contributed by atoms with E-state index in [-0.39, 0.29) is 34.7 Å².